The number of methoxy groups -OCH3 is 1. The zero-order valence-corrected chi connectivity index (χ0v) is 12.2. The first kappa shape index (κ1) is 16.9. The van der Waals surface area contributed by atoms with Crippen LogP contribution in [0.1, 0.15) is 44.9 Å². The number of esters is 1. The van der Waals surface area contributed by atoms with Crippen molar-refractivity contribution in [2.45, 2.75) is 57.0 Å². The van der Waals surface area contributed by atoms with Gasteiger partial charge in [-0.3, -0.25) is 9.59 Å². The Bertz CT molecular complexity index is 304. The summed E-state index contributed by atoms with van der Waals surface area (Å²) in [7, 11) is 1.26. The van der Waals surface area contributed by atoms with Crippen molar-refractivity contribution in [2.24, 2.45) is 0 Å². The maximum Gasteiger partial charge on any atom is 0.321 e. The Morgan fingerprint density at radius 2 is 1.95 bits per heavy atom. The highest BCUT2D eigenvalue weighted by atomic mass is 16.5. The average molecular weight is 286 g/mol. The van der Waals surface area contributed by atoms with Gasteiger partial charge in [-0.1, -0.05) is 19.3 Å². The highest BCUT2D eigenvalue weighted by Crippen LogP contribution is 2.17. The van der Waals surface area contributed by atoms with Crippen molar-refractivity contribution < 1.29 is 19.4 Å². The molecule has 1 atom stereocenters. The number of carbonyl (C=O) groups excluding carboxylic acids is 1. The van der Waals surface area contributed by atoms with Crippen LogP contribution in [0.4, 0.5) is 0 Å². The normalized spacial score (nSPS) is 17.6. The van der Waals surface area contributed by atoms with Crippen LogP contribution in [-0.4, -0.2) is 49.3 Å². The van der Waals surface area contributed by atoms with Crippen molar-refractivity contribution in [1.82, 2.24) is 10.6 Å². The summed E-state index contributed by atoms with van der Waals surface area (Å²) in [5.41, 5.74) is 0. The minimum Gasteiger partial charge on any atom is -0.480 e. The molecule has 1 saturated carbocycles. The summed E-state index contributed by atoms with van der Waals surface area (Å²) in [6.45, 7) is 1.45. The van der Waals surface area contributed by atoms with Crippen LogP contribution in [0.25, 0.3) is 0 Å². The fourth-order valence-corrected chi connectivity index (χ4v) is 2.47. The van der Waals surface area contributed by atoms with E-state index in [1.54, 1.807) is 0 Å². The van der Waals surface area contributed by atoms with Crippen LogP contribution in [0.3, 0.4) is 0 Å². The number of aliphatic carboxylic acids is 1. The molecule has 0 unspecified atom stereocenters. The maximum absolute atomic E-state index is 11.1. The lowest BCUT2D eigenvalue weighted by atomic mass is 9.95. The van der Waals surface area contributed by atoms with Gasteiger partial charge < -0.3 is 20.5 Å². The van der Waals surface area contributed by atoms with Gasteiger partial charge in [0.15, 0.2) is 0 Å². The monoisotopic (exact) mass is 286 g/mol. The Labute approximate surface area is 120 Å². The van der Waals surface area contributed by atoms with E-state index in [1.807, 2.05) is 0 Å². The fraction of sp³-hybridized carbons (Fsp3) is 0.857. The van der Waals surface area contributed by atoms with E-state index < -0.39 is 18.0 Å². The number of hydrogen-bond acceptors (Lipinski definition) is 5. The van der Waals surface area contributed by atoms with Crippen LogP contribution < -0.4 is 10.6 Å². The van der Waals surface area contributed by atoms with Gasteiger partial charge in [-0.25, -0.2) is 0 Å². The van der Waals surface area contributed by atoms with Crippen molar-refractivity contribution in [3.63, 3.8) is 0 Å². The molecule has 1 rings (SSSR count). The van der Waals surface area contributed by atoms with E-state index in [2.05, 4.69) is 15.4 Å². The minimum absolute atomic E-state index is 0.137. The van der Waals surface area contributed by atoms with Gasteiger partial charge in [-0.05, 0) is 32.4 Å². The quantitative estimate of drug-likeness (QED) is 0.431. The molecule has 0 amide bonds. The molecule has 3 N–H and O–H groups in total. The van der Waals surface area contributed by atoms with Crippen LogP contribution in [-0.2, 0) is 14.3 Å². The molecule has 0 aromatic heterocycles. The second kappa shape index (κ2) is 9.72. The Kier molecular flexibility index (Phi) is 8.22. The second-order valence-corrected chi connectivity index (χ2v) is 5.27. The molecule has 0 bridgehead atoms. The van der Waals surface area contributed by atoms with Gasteiger partial charge in [0.2, 0.25) is 0 Å². The van der Waals surface area contributed by atoms with E-state index in [4.69, 9.17) is 5.11 Å². The SMILES string of the molecule is COC(=O)C[C@H](NCCCNC1CCCCC1)C(=O)O. The Hall–Kier alpha value is -1.14. The molecule has 0 aromatic rings. The average Bonchev–Trinajstić information content (AvgIpc) is 2.46. The summed E-state index contributed by atoms with van der Waals surface area (Å²) in [5, 5.41) is 15.4. The first-order valence-corrected chi connectivity index (χ1v) is 7.40. The largest absolute Gasteiger partial charge is 0.480 e. The lowest BCUT2D eigenvalue weighted by Crippen LogP contribution is -2.40. The smallest absolute Gasteiger partial charge is 0.321 e. The van der Waals surface area contributed by atoms with Gasteiger partial charge in [-0.2, -0.15) is 0 Å². The highest BCUT2D eigenvalue weighted by Gasteiger charge is 2.20. The number of rotatable bonds is 9. The summed E-state index contributed by atoms with van der Waals surface area (Å²) < 4.78 is 4.48. The predicted octanol–water partition coefficient (Wildman–Crippen LogP) is 0.905. The van der Waals surface area contributed by atoms with E-state index in [0.717, 1.165) is 13.0 Å². The van der Waals surface area contributed by atoms with Crippen molar-refractivity contribution >= 4 is 11.9 Å². The predicted molar refractivity (Wildman–Crippen MR) is 75.6 cm³/mol. The van der Waals surface area contributed by atoms with Crippen LogP contribution in [0, 0.1) is 0 Å². The molecule has 1 aliphatic carbocycles. The molecule has 0 radical (unpaired) electrons. The summed E-state index contributed by atoms with van der Waals surface area (Å²) in [5.74, 6) is -1.53. The molecule has 20 heavy (non-hydrogen) atoms. The van der Waals surface area contributed by atoms with Crippen LogP contribution in [0.2, 0.25) is 0 Å². The van der Waals surface area contributed by atoms with Gasteiger partial charge in [0.25, 0.3) is 0 Å². The molecule has 0 aliphatic heterocycles. The van der Waals surface area contributed by atoms with Gasteiger partial charge in [-0.15, -0.1) is 0 Å². The van der Waals surface area contributed by atoms with E-state index in [-0.39, 0.29) is 6.42 Å². The zero-order valence-electron chi connectivity index (χ0n) is 12.2. The minimum atomic E-state index is -1.02. The third-order valence-electron chi connectivity index (χ3n) is 3.68. The van der Waals surface area contributed by atoms with E-state index in [0.29, 0.717) is 12.6 Å². The van der Waals surface area contributed by atoms with Gasteiger partial charge in [0.05, 0.1) is 13.5 Å². The first-order chi connectivity index (χ1) is 9.63. The molecular formula is C14H26N2O4. The summed E-state index contributed by atoms with van der Waals surface area (Å²) >= 11 is 0. The van der Waals surface area contributed by atoms with E-state index >= 15 is 0 Å². The molecule has 0 spiro atoms. The molecule has 1 aliphatic rings. The Morgan fingerprint density at radius 1 is 1.25 bits per heavy atom. The summed E-state index contributed by atoms with van der Waals surface area (Å²) in [6, 6.07) is -0.244. The van der Waals surface area contributed by atoms with Crippen molar-refractivity contribution in [3.8, 4) is 0 Å². The number of ether oxygens (including phenoxy) is 1. The molecule has 0 aromatic carbocycles. The molecule has 116 valence electrons. The van der Waals surface area contributed by atoms with E-state index in [9.17, 15) is 9.59 Å². The number of carboxylic acids is 1. The second-order valence-electron chi connectivity index (χ2n) is 5.27. The summed E-state index contributed by atoms with van der Waals surface area (Å²) in [4.78, 5) is 22.1. The lowest BCUT2D eigenvalue weighted by molar-refractivity contribution is -0.147. The van der Waals surface area contributed by atoms with Crippen molar-refractivity contribution in [2.75, 3.05) is 20.2 Å². The number of carboxylic acid groups (broad SMARTS) is 1. The summed E-state index contributed by atoms with van der Waals surface area (Å²) in [6.07, 6.45) is 7.14. The standard InChI is InChI=1S/C14H26N2O4/c1-20-13(17)10-12(14(18)19)16-9-5-8-15-11-6-3-2-4-7-11/h11-12,15-16H,2-10H2,1H3,(H,18,19)/t12-/m0/s1. The van der Waals surface area contributed by atoms with Crippen LogP contribution >= 0.6 is 0 Å². The number of nitrogens with one attached hydrogen (secondary N) is 2. The zero-order chi connectivity index (χ0) is 14.8. The maximum atomic E-state index is 11.1. The van der Waals surface area contributed by atoms with Gasteiger partial charge in [0, 0.05) is 6.04 Å². The van der Waals surface area contributed by atoms with Crippen LogP contribution in [0.5, 0.6) is 0 Å². The topological polar surface area (TPSA) is 87.7 Å². The molecule has 0 heterocycles. The molecule has 6 heteroatoms. The molecule has 6 nitrogen and oxygen atoms in total. The Balaban J connectivity index is 2.10. The molecule has 1 fully saturated rings. The fourth-order valence-electron chi connectivity index (χ4n) is 2.47. The van der Waals surface area contributed by atoms with Gasteiger partial charge >= 0.3 is 11.9 Å². The first-order valence-electron chi connectivity index (χ1n) is 7.40. The van der Waals surface area contributed by atoms with Crippen LogP contribution in [0.15, 0.2) is 0 Å². The highest BCUT2D eigenvalue weighted by molar-refractivity contribution is 5.81. The third kappa shape index (κ3) is 6.86. The van der Waals surface area contributed by atoms with Crippen molar-refractivity contribution in [3.05, 3.63) is 0 Å². The van der Waals surface area contributed by atoms with Gasteiger partial charge in [0.1, 0.15) is 6.04 Å². The van der Waals surface area contributed by atoms with Crippen molar-refractivity contribution in [1.29, 1.82) is 0 Å². The Morgan fingerprint density at radius 3 is 2.55 bits per heavy atom. The van der Waals surface area contributed by atoms with E-state index in [1.165, 1.54) is 39.2 Å². The molecular weight excluding hydrogens is 260 g/mol. The number of carbonyl (C=O) groups is 2. The number of hydrogen-bond donors (Lipinski definition) is 3. The lowest BCUT2D eigenvalue weighted by Gasteiger charge is -2.23. The molecule has 0 saturated heterocycles. The third-order valence-corrected chi connectivity index (χ3v) is 3.68.